The molecule has 4 heteroatoms. The molecule has 0 bridgehead atoms. The molecule has 3 rings (SSSR count). The molecule has 0 atom stereocenters. The quantitative estimate of drug-likeness (QED) is 0.684. The number of hydrogen-bond acceptors (Lipinski definition) is 2. The van der Waals surface area contributed by atoms with Gasteiger partial charge in [0.05, 0.1) is 12.5 Å². The molecule has 120 valence electrons. The van der Waals surface area contributed by atoms with Crippen molar-refractivity contribution >= 4 is 16.8 Å². The number of carbonyl (C=O) groups excluding carboxylic acids is 1. The first-order valence-corrected chi connectivity index (χ1v) is 8.05. The van der Waals surface area contributed by atoms with Gasteiger partial charge in [-0.2, -0.15) is 0 Å². The first-order chi connectivity index (χ1) is 11.2. The number of rotatable bonds is 6. The lowest BCUT2D eigenvalue weighted by atomic mass is 10.2. The van der Waals surface area contributed by atoms with Gasteiger partial charge in [-0.3, -0.25) is 4.79 Å². The smallest absolute Gasteiger partial charge is 0.270 e. The Morgan fingerprint density at radius 2 is 2.09 bits per heavy atom. The number of amides is 1. The molecule has 0 aliphatic carbocycles. The standard InChI is InChI=1S/C19H22N2O2/c1-3-4-10-21(13-15-9-11-23-14-15)19(22)18-12-16-7-5-6-8-17(16)20(18)2/h5-9,11-12,14H,3-4,10,13H2,1-2H3. The topological polar surface area (TPSA) is 38.4 Å². The summed E-state index contributed by atoms with van der Waals surface area (Å²) in [6.07, 6.45) is 5.40. The average molecular weight is 310 g/mol. The van der Waals surface area contributed by atoms with Crippen molar-refractivity contribution in [2.75, 3.05) is 6.54 Å². The zero-order valence-electron chi connectivity index (χ0n) is 13.7. The van der Waals surface area contributed by atoms with E-state index in [2.05, 4.69) is 6.92 Å². The predicted octanol–water partition coefficient (Wildman–Crippen LogP) is 4.21. The van der Waals surface area contributed by atoms with Crippen LogP contribution in [0.25, 0.3) is 10.9 Å². The van der Waals surface area contributed by atoms with Crippen molar-refractivity contribution in [1.29, 1.82) is 0 Å². The second-order valence-electron chi connectivity index (χ2n) is 5.86. The Labute approximate surface area is 136 Å². The zero-order valence-corrected chi connectivity index (χ0v) is 13.7. The minimum atomic E-state index is 0.0679. The summed E-state index contributed by atoms with van der Waals surface area (Å²) in [6, 6.07) is 12.0. The molecule has 0 fully saturated rings. The molecular formula is C19H22N2O2. The van der Waals surface area contributed by atoms with Gasteiger partial charge in [0.25, 0.3) is 5.91 Å². The number of aryl methyl sites for hydroxylation is 1. The predicted molar refractivity (Wildman–Crippen MR) is 91.3 cm³/mol. The average Bonchev–Trinajstić information content (AvgIpc) is 3.19. The molecule has 0 saturated carbocycles. The lowest BCUT2D eigenvalue weighted by Gasteiger charge is -2.22. The highest BCUT2D eigenvalue weighted by molar-refractivity contribution is 5.98. The van der Waals surface area contributed by atoms with E-state index in [0.29, 0.717) is 6.54 Å². The van der Waals surface area contributed by atoms with Crippen LogP contribution in [0, 0.1) is 0 Å². The first kappa shape index (κ1) is 15.4. The first-order valence-electron chi connectivity index (χ1n) is 8.05. The number of benzene rings is 1. The van der Waals surface area contributed by atoms with Gasteiger partial charge in [-0.05, 0) is 24.6 Å². The van der Waals surface area contributed by atoms with Crippen LogP contribution >= 0.6 is 0 Å². The van der Waals surface area contributed by atoms with Crippen molar-refractivity contribution in [3.05, 3.63) is 60.2 Å². The number of nitrogens with zero attached hydrogens (tertiary/aromatic N) is 2. The maximum Gasteiger partial charge on any atom is 0.270 e. The lowest BCUT2D eigenvalue weighted by molar-refractivity contribution is 0.0731. The number of para-hydroxylation sites is 1. The Balaban J connectivity index is 1.90. The van der Waals surface area contributed by atoms with Crippen LogP contribution in [0.15, 0.2) is 53.3 Å². The molecule has 0 N–H and O–H groups in total. The van der Waals surface area contributed by atoms with Crippen LogP contribution in [0.4, 0.5) is 0 Å². The van der Waals surface area contributed by atoms with Crippen LogP contribution in [-0.2, 0) is 13.6 Å². The van der Waals surface area contributed by atoms with Gasteiger partial charge in [0, 0.05) is 36.6 Å². The second-order valence-corrected chi connectivity index (χ2v) is 5.86. The third kappa shape index (κ3) is 3.16. The van der Waals surface area contributed by atoms with Gasteiger partial charge in [-0.15, -0.1) is 0 Å². The largest absolute Gasteiger partial charge is 0.472 e. The summed E-state index contributed by atoms with van der Waals surface area (Å²) < 4.78 is 7.11. The number of aromatic nitrogens is 1. The van der Waals surface area contributed by atoms with Crippen molar-refractivity contribution in [1.82, 2.24) is 9.47 Å². The highest BCUT2D eigenvalue weighted by Gasteiger charge is 2.20. The number of fused-ring (bicyclic) bond motifs is 1. The molecule has 3 aromatic rings. The molecule has 0 saturated heterocycles. The van der Waals surface area contributed by atoms with Crippen molar-refractivity contribution < 1.29 is 9.21 Å². The molecule has 2 aromatic heterocycles. The van der Waals surface area contributed by atoms with Gasteiger partial charge in [0.15, 0.2) is 0 Å². The molecule has 0 spiro atoms. The minimum Gasteiger partial charge on any atom is -0.472 e. The van der Waals surface area contributed by atoms with E-state index in [-0.39, 0.29) is 5.91 Å². The summed E-state index contributed by atoms with van der Waals surface area (Å²) in [7, 11) is 1.95. The molecule has 0 aliphatic rings. The van der Waals surface area contributed by atoms with Gasteiger partial charge in [0.1, 0.15) is 5.69 Å². The van der Waals surface area contributed by atoms with Gasteiger partial charge in [-0.25, -0.2) is 0 Å². The van der Waals surface area contributed by atoms with E-state index in [1.807, 2.05) is 52.9 Å². The number of furan rings is 1. The van der Waals surface area contributed by atoms with Crippen LogP contribution < -0.4 is 0 Å². The molecule has 0 radical (unpaired) electrons. The normalized spacial score (nSPS) is 11.0. The van der Waals surface area contributed by atoms with Gasteiger partial charge >= 0.3 is 0 Å². The van der Waals surface area contributed by atoms with Crippen molar-refractivity contribution in [3.8, 4) is 0 Å². The van der Waals surface area contributed by atoms with Crippen LogP contribution in [0.3, 0.4) is 0 Å². The van der Waals surface area contributed by atoms with E-state index in [1.165, 1.54) is 0 Å². The molecule has 0 unspecified atom stereocenters. The van der Waals surface area contributed by atoms with Gasteiger partial charge < -0.3 is 13.9 Å². The van der Waals surface area contributed by atoms with Crippen LogP contribution in [0.2, 0.25) is 0 Å². The third-order valence-corrected chi connectivity index (χ3v) is 4.19. The number of hydrogen-bond donors (Lipinski definition) is 0. The Morgan fingerprint density at radius 1 is 1.26 bits per heavy atom. The fourth-order valence-electron chi connectivity index (χ4n) is 2.86. The van der Waals surface area contributed by atoms with Crippen molar-refractivity contribution in [3.63, 3.8) is 0 Å². The molecule has 23 heavy (non-hydrogen) atoms. The Bertz CT molecular complexity index is 787. The SMILES string of the molecule is CCCCN(Cc1ccoc1)C(=O)c1cc2ccccc2n1C. The fraction of sp³-hybridized carbons (Fsp3) is 0.316. The van der Waals surface area contributed by atoms with Crippen LogP contribution in [0.5, 0.6) is 0 Å². The van der Waals surface area contributed by atoms with E-state index < -0.39 is 0 Å². The number of carbonyl (C=O) groups is 1. The van der Waals surface area contributed by atoms with E-state index in [9.17, 15) is 4.79 Å². The molecule has 4 nitrogen and oxygen atoms in total. The maximum atomic E-state index is 13.0. The van der Waals surface area contributed by atoms with Gasteiger partial charge in [-0.1, -0.05) is 31.5 Å². The monoisotopic (exact) mass is 310 g/mol. The molecule has 1 amide bonds. The highest BCUT2D eigenvalue weighted by atomic mass is 16.3. The molecule has 1 aromatic carbocycles. The summed E-state index contributed by atoms with van der Waals surface area (Å²) in [4.78, 5) is 14.9. The van der Waals surface area contributed by atoms with Crippen LogP contribution in [-0.4, -0.2) is 21.9 Å². The minimum absolute atomic E-state index is 0.0679. The Hall–Kier alpha value is -2.49. The Kier molecular flexibility index (Phi) is 4.51. The lowest BCUT2D eigenvalue weighted by Crippen LogP contribution is -2.32. The van der Waals surface area contributed by atoms with E-state index in [1.54, 1.807) is 12.5 Å². The van der Waals surface area contributed by atoms with E-state index >= 15 is 0 Å². The van der Waals surface area contributed by atoms with Gasteiger partial charge in [0.2, 0.25) is 0 Å². The maximum absolute atomic E-state index is 13.0. The zero-order chi connectivity index (χ0) is 16.2. The summed E-state index contributed by atoms with van der Waals surface area (Å²) in [5.41, 5.74) is 2.83. The molecular weight excluding hydrogens is 288 g/mol. The summed E-state index contributed by atoms with van der Waals surface area (Å²) in [5, 5.41) is 1.09. The fourth-order valence-corrected chi connectivity index (χ4v) is 2.86. The summed E-state index contributed by atoms with van der Waals surface area (Å²) in [5.74, 6) is 0.0679. The van der Waals surface area contributed by atoms with E-state index in [0.717, 1.165) is 41.5 Å². The van der Waals surface area contributed by atoms with Crippen LogP contribution in [0.1, 0.15) is 35.8 Å². The second kappa shape index (κ2) is 6.73. The molecule has 0 aliphatic heterocycles. The van der Waals surface area contributed by atoms with E-state index in [4.69, 9.17) is 4.42 Å². The highest BCUT2D eigenvalue weighted by Crippen LogP contribution is 2.20. The third-order valence-electron chi connectivity index (χ3n) is 4.19. The summed E-state index contributed by atoms with van der Waals surface area (Å²) in [6.45, 7) is 3.47. The summed E-state index contributed by atoms with van der Waals surface area (Å²) >= 11 is 0. The number of unbranched alkanes of at least 4 members (excludes halogenated alkanes) is 1. The van der Waals surface area contributed by atoms with Crippen molar-refractivity contribution in [2.45, 2.75) is 26.3 Å². The Morgan fingerprint density at radius 3 is 2.78 bits per heavy atom. The molecule has 2 heterocycles. The van der Waals surface area contributed by atoms with Crippen molar-refractivity contribution in [2.24, 2.45) is 7.05 Å².